The van der Waals surface area contributed by atoms with Crippen LogP contribution in [0.15, 0.2) is 67.3 Å². The molecule has 3 aromatic heterocycles. The lowest BCUT2D eigenvalue weighted by atomic mass is 9.85. The van der Waals surface area contributed by atoms with Crippen LogP contribution in [0.3, 0.4) is 0 Å². The number of fused-ring (bicyclic) bond motifs is 1. The van der Waals surface area contributed by atoms with Crippen molar-refractivity contribution in [1.29, 1.82) is 0 Å². The molecule has 14 heteroatoms. The largest absolute Gasteiger partial charge is 0.338 e. The van der Waals surface area contributed by atoms with Gasteiger partial charge in [-0.25, -0.2) is 23.7 Å². The molecular formula is C35H34F2N10O2. The van der Waals surface area contributed by atoms with Crippen LogP contribution in [-0.4, -0.2) is 95.8 Å². The Morgan fingerprint density at radius 3 is 2.47 bits per heavy atom. The van der Waals surface area contributed by atoms with Crippen molar-refractivity contribution in [2.75, 3.05) is 44.2 Å². The summed E-state index contributed by atoms with van der Waals surface area (Å²) in [5.74, 6) is 0.296. The second-order valence-corrected chi connectivity index (χ2v) is 13.0. The average Bonchev–Trinajstić information content (AvgIpc) is 3.92. The van der Waals surface area contributed by atoms with Crippen molar-refractivity contribution in [3.05, 3.63) is 78.6 Å². The van der Waals surface area contributed by atoms with Gasteiger partial charge >= 0.3 is 0 Å². The van der Waals surface area contributed by atoms with E-state index in [-0.39, 0.29) is 11.8 Å². The quantitative estimate of drug-likeness (QED) is 0.270. The summed E-state index contributed by atoms with van der Waals surface area (Å²) < 4.78 is 27.6. The number of alkyl halides is 2. The molecule has 2 amide bonds. The first-order valence-corrected chi connectivity index (χ1v) is 16.3. The maximum absolute atomic E-state index is 13.9. The third-order valence-electron chi connectivity index (χ3n) is 9.98. The Morgan fingerprint density at radius 2 is 1.76 bits per heavy atom. The van der Waals surface area contributed by atoms with Gasteiger partial charge in [-0.1, -0.05) is 30.3 Å². The third-order valence-corrected chi connectivity index (χ3v) is 9.98. The predicted octanol–water partition coefficient (Wildman–Crippen LogP) is 4.50. The van der Waals surface area contributed by atoms with E-state index in [1.54, 1.807) is 11.0 Å². The Morgan fingerprint density at radius 1 is 0.980 bits per heavy atom. The minimum Gasteiger partial charge on any atom is -0.338 e. The Hall–Kier alpha value is -5.37. The molecule has 1 N–H and O–H groups in total. The molecule has 5 aromatic rings. The van der Waals surface area contributed by atoms with Gasteiger partial charge in [-0.2, -0.15) is 10.2 Å². The zero-order valence-electron chi connectivity index (χ0n) is 26.9. The van der Waals surface area contributed by atoms with Gasteiger partial charge in [-0.15, -0.1) is 0 Å². The Labute approximate surface area is 280 Å². The lowest BCUT2D eigenvalue weighted by Crippen LogP contribution is -2.43. The molecule has 2 aromatic carbocycles. The van der Waals surface area contributed by atoms with Crippen molar-refractivity contribution < 1.29 is 18.4 Å². The average molecular weight is 665 g/mol. The van der Waals surface area contributed by atoms with Gasteiger partial charge in [0, 0.05) is 67.8 Å². The molecule has 12 nitrogen and oxygen atoms in total. The predicted molar refractivity (Wildman–Crippen MR) is 178 cm³/mol. The lowest BCUT2D eigenvalue weighted by Gasteiger charge is -2.29. The van der Waals surface area contributed by atoms with E-state index in [1.807, 2.05) is 47.2 Å². The first kappa shape index (κ1) is 30.9. The zero-order valence-corrected chi connectivity index (χ0v) is 26.9. The number of hydrogen-bond donors (Lipinski definition) is 1. The van der Waals surface area contributed by atoms with Gasteiger partial charge in [0.05, 0.1) is 17.5 Å². The molecule has 250 valence electrons. The lowest BCUT2D eigenvalue weighted by molar-refractivity contribution is -0.132. The molecule has 0 radical (unpaired) electrons. The molecule has 0 bridgehead atoms. The van der Waals surface area contributed by atoms with Crippen LogP contribution in [0.25, 0.3) is 39.1 Å². The number of nitrogens with one attached hydrogen (secondary N) is 1. The molecule has 3 aliphatic rings. The highest BCUT2D eigenvalue weighted by atomic mass is 19.3. The van der Waals surface area contributed by atoms with Crippen LogP contribution in [0, 0.1) is 5.41 Å². The number of rotatable bonds is 7. The molecular weight excluding hydrogens is 630 g/mol. The Kier molecular flexibility index (Phi) is 7.74. The molecule has 49 heavy (non-hydrogen) atoms. The van der Waals surface area contributed by atoms with Gasteiger partial charge in [0.1, 0.15) is 12.0 Å². The summed E-state index contributed by atoms with van der Waals surface area (Å²) in [6, 6.07) is 13.9. The van der Waals surface area contributed by atoms with E-state index in [9.17, 15) is 18.4 Å². The van der Waals surface area contributed by atoms with E-state index >= 15 is 0 Å². The molecule has 3 aliphatic heterocycles. The number of halogens is 2. The van der Waals surface area contributed by atoms with Gasteiger partial charge in [0.2, 0.25) is 11.8 Å². The molecule has 1 spiro atoms. The van der Waals surface area contributed by atoms with Crippen molar-refractivity contribution in [2.45, 2.75) is 25.7 Å². The van der Waals surface area contributed by atoms with E-state index in [0.717, 1.165) is 34.1 Å². The van der Waals surface area contributed by atoms with Crippen molar-refractivity contribution in [3.63, 3.8) is 0 Å². The molecule has 1 atom stereocenters. The number of H-pyrrole nitrogens is 1. The number of aryl methyl sites for hydroxylation is 1. The van der Waals surface area contributed by atoms with Crippen LogP contribution in [0.5, 0.6) is 0 Å². The highest BCUT2D eigenvalue weighted by Crippen LogP contribution is 2.43. The van der Waals surface area contributed by atoms with E-state index in [1.165, 1.54) is 18.0 Å². The maximum Gasteiger partial charge on any atom is 0.297 e. The van der Waals surface area contributed by atoms with Crippen LogP contribution in [0.1, 0.15) is 37.1 Å². The highest BCUT2D eigenvalue weighted by Gasteiger charge is 2.51. The number of carbonyl (C=O) groups excluding carboxylic acids is 2. The summed E-state index contributed by atoms with van der Waals surface area (Å²) in [6.07, 6.45) is 5.92. The number of likely N-dealkylation sites (tertiary alicyclic amines) is 1. The molecule has 8 rings (SSSR count). The summed E-state index contributed by atoms with van der Waals surface area (Å²) in [7, 11) is 1.85. The zero-order chi connectivity index (χ0) is 33.7. The third kappa shape index (κ3) is 5.75. The fourth-order valence-electron chi connectivity index (χ4n) is 7.26. The van der Waals surface area contributed by atoms with E-state index in [2.05, 4.69) is 53.4 Å². The summed E-state index contributed by atoms with van der Waals surface area (Å²) in [4.78, 5) is 45.0. The monoisotopic (exact) mass is 664 g/mol. The maximum atomic E-state index is 13.9. The van der Waals surface area contributed by atoms with Crippen LogP contribution in [0.4, 0.5) is 14.5 Å². The van der Waals surface area contributed by atoms with Crippen LogP contribution < -0.4 is 4.90 Å². The topological polar surface area (TPSA) is 129 Å². The SMILES string of the molecule is Cn1cnc(-c2ccc(C3=CCN(C(=O)CN4CC[C@]5(CCN(c6ccc7[nH]nc(-c8cnc(C(F)F)nc8)c7c6)C5=O)C4)CC3)cc2)n1. The molecule has 2 saturated heterocycles. The van der Waals surface area contributed by atoms with Crippen LogP contribution in [0.2, 0.25) is 0 Å². The van der Waals surface area contributed by atoms with E-state index < -0.39 is 17.7 Å². The number of amides is 2. The van der Waals surface area contributed by atoms with Gasteiger partial charge in [-0.3, -0.25) is 24.3 Å². The van der Waals surface area contributed by atoms with Crippen molar-refractivity contribution in [3.8, 4) is 22.6 Å². The summed E-state index contributed by atoms with van der Waals surface area (Å²) >= 11 is 0. The normalized spacial score (nSPS) is 19.9. The molecule has 6 heterocycles. The minimum atomic E-state index is -2.75. The van der Waals surface area contributed by atoms with Crippen molar-refractivity contribution in [2.24, 2.45) is 12.5 Å². The Balaban J connectivity index is 0.893. The number of benzene rings is 2. The first-order chi connectivity index (χ1) is 23.8. The fraction of sp³-hybridized carbons (Fsp3) is 0.343. The second-order valence-electron chi connectivity index (χ2n) is 13.0. The molecule has 0 unspecified atom stereocenters. The van der Waals surface area contributed by atoms with Crippen molar-refractivity contribution in [1.82, 2.24) is 44.7 Å². The van der Waals surface area contributed by atoms with Crippen LogP contribution in [-0.2, 0) is 16.6 Å². The number of aromatic amines is 1. The van der Waals surface area contributed by atoms with Gasteiger partial charge in [0.25, 0.3) is 6.43 Å². The van der Waals surface area contributed by atoms with Crippen molar-refractivity contribution >= 4 is 34.0 Å². The number of carbonyl (C=O) groups is 2. The minimum absolute atomic E-state index is 0.0619. The summed E-state index contributed by atoms with van der Waals surface area (Å²) in [5.41, 5.74) is 5.32. The molecule has 0 aliphatic carbocycles. The highest BCUT2D eigenvalue weighted by molar-refractivity contribution is 6.03. The van der Waals surface area contributed by atoms with Gasteiger partial charge in [-0.05, 0) is 55.1 Å². The number of hydrogen-bond acceptors (Lipinski definition) is 8. The number of aromatic nitrogens is 7. The van der Waals surface area contributed by atoms with Gasteiger partial charge in [0.15, 0.2) is 11.6 Å². The second kappa shape index (κ2) is 12.3. The number of anilines is 1. The molecule has 2 fully saturated rings. The van der Waals surface area contributed by atoms with Crippen LogP contribution >= 0.6 is 0 Å². The van der Waals surface area contributed by atoms with E-state index in [0.29, 0.717) is 69.2 Å². The summed E-state index contributed by atoms with van der Waals surface area (Å²) in [5, 5.41) is 12.4. The number of nitrogens with zero attached hydrogens (tertiary/aromatic N) is 9. The standard InChI is InChI=1S/C35H34F2N10O2/c1-44-21-40-32(43-44)24-4-2-22(3-5-24)23-8-12-46(13-9-23)29(48)19-45-14-10-35(20-45)11-15-47(34(35)49)26-6-7-28-27(16-26)30(42-41-28)25-17-38-33(31(36)37)39-18-25/h2-8,16-18,21,31H,9-15,19-20H2,1H3,(H,41,42)/t35-/m0/s1. The Bertz CT molecular complexity index is 2070. The van der Waals surface area contributed by atoms with Gasteiger partial charge < -0.3 is 9.80 Å². The smallest absolute Gasteiger partial charge is 0.297 e. The fourth-order valence-corrected chi connectivity index (χ4v) is 7.26. The first-order valence-electron chi connectivity index (χ1n) is 16.3. The molecule has 0 saturated carbocycles. The van der Waals surface area contributed by atoms with E-state index in [4.69, 9.17) is 0 Å². The summed E-state index contributed by atoms with van der Waals surface area (Å²) in [6.45, 7) is 3.32.